The first-order valence-electron chi connectivity index (χ1n) is 8.91. The number of benzene rings is 2. The summed E-state index contributed by atoms with van der Waals surface area (Å²) in [6.07, 6.45) is 2.47. The zero-order valence-corrected chi connectivity index (χ0v) is 16.5. The van der Waals surface area contributed by atoms with E-state index in [-0.39, 0.29) is 22.1 Å². The van der Waals surface area contributed by atoms with Crippen molar-refractivity contribution >= 4 is 21.5 Å². The van der Waals surface area contributed by atoms with Crippen LogP contribution in [0.15, 0.2) is 47.4 Å². The summed E-state index contributed by atoms with van der Waals surface area (Å²) in [6, 6.07) is 11.1. The molecule has 0 spiro atoms. The number of nitrogens with zero attached hydrogens (tertiary/aromatic N) is 1. The highest BCUT2D eigenvalue weighted by atomic mass is 32.2. The lowest BCUT2D eigenvalue weighted by Gasteiger charge is -2.24. The van der Waals surface area contributed by atoms with Gasteiger partial charge in [-0.15, -0.1) is 0 Å². The van der Waals surface area contributed by atoms with Crippen molar-refractivity contribution in [2.45, 2.75) is 37.6 Å². The third kappa shape index (κ3) is 3.95. The first-order valence-corrected chi connectivity index (χ1v) is 10.8. The molecule has 0 N–H and O–H groups in total. The minimum atomic E-state index is -3.40. The standard InChI is InChI=1S/C21H23NO4S/c1-14-9-10-16(12-15(14)2)20(23)19-8-5-11-22(19)21(24)17-6-4-7-18(13-17)27(3,25)26/h4,6-7,9-10,12-13,19H,5,8,11H2,1-3H3. The van der Waals surface area contributed by atoms with Crippen molar-refractivity contribution in [3.63, 3.8) is 0 Å². The summed E-state index contributed by atoms with van der Waals surface area (Å²) in [7, 11) is -3.40. The van der Waals surface area contributed by atoms with E-state index in [4.69, 9.17) is 0 Å². The summed E-state index contributed by atoms with van der Waals surface area (Å²) < 4.78 is 23.5. The first kappa shape index (κ1) is 19.3. The van der Waals surface area contributed by atoms with Crippen LogP contribution >= 0.6 is 0 Å². The highest BCUT2D eigenvalue weighted by molar-refractivity contribution is 7.90. The van der Waals surface area contributed by atoms with E-state index in [9.17, 15) is 18.0 Å². The van der Waals surface area contributed by atoms with Gasteiger partial charge in [0.05, 0.1) is 10.9 Å². The number of Topliss-reactive ketones (excluding diaryl/α,β-unsaturated/α-hetero) is 1. The van der Waals surface area contributed by atoms with E-state index in [2.05, 4.69) is 0 Å². The lowest BCUT2D eigenvalue weighted by Crippen LogP contribution is -2.40. The molecule has 6 heteroatoms. The summed E-state index contributed by atoms with van der Waals surface area (Å²) in [5.74, 6) is -0.372. The predicted octanol–water partition coefficient (Wildman–Crippen LogP) is 3.19. The molecular weight excluding hydrogens is 362 g/mol. The number of likely N-dealkylation sites (tertiary alicyclic amines) is 1. The molecule has 2 aromatic carbocycles. The summed E-state index contributed by atoms with van der Waals surface area (Å²) in [4.78, 5) is 27.6. The second kappa shape index (κ2) is 7.27. The van der Waals surface area contributed by atoms with Gasteiger partial charge in [0, 0.05) is 23.9 Å². The molecule has 142 valence electrons. The van der Waals surface area contributed by atoms with Crippen LogP contribution in [0.1, 0.15) is 44.7 Å². The highest BCUT2D eigenvalue weighted by Crippen LogP contribution is 2.25. The molecule has 1 unspecified atom stereocenters. The van der Waals surface area contributed by atoms with Crippen LogP contribution in [0.2, 0.25) is 0 Å². The second-order valence-corrected chi connectivity index (χ2v) is 9.14. The Morgan fingerprint density at radius 2 is 1.74 bits per heavy atom. The molecule has 1 atom stereocenters. The number of aryl methyl sites for hydroxylation is 2. The van der Waals surface area contributed by atoms with Gasteiger partial charge in [0.2, 0.25) is 0 Å². The maximum atomic E-state index is 13.0. The maximum absolute atomic E-state index is 13.0. The van der Waals surface area contributed by atoms with Crippen molar-refractivity contribution < 1.29 is 18.0 Å². The third-order valence-corrected chi connectivity index (χ3v) is 6.23. The highest BCUT2D eigenvalue weighted by Gasteiger charge is 2.35. The van der Waals surface area contributed by atoms with Crippen molar-refractivity contribution in [3.05, 3.63) is 64.7 Å². The third-order valence-electron chi connectivity index (χ3n) is 5.12. The summed E-state index contributed by atoms with van der Waals surface area (Å²) in [5, 5.41) is 0. The Hall–Kier alpha value is -2.47. The molecule has 1 aliphatic rings. The zero-order chi connectivity index (χ0) is 19.8. The molecule has 0 saturated carbocycles. The quantitative estimate of drug-likeness (QED) is 0.758. The average Bonchev–Trinajstić information content (AvgIpc) is 3.12. The first-order chi connectivity index (χ1) is 12.7. The molecule has 0 aliphatic carbocycles. The normalized spacial score (nSPS) is 17.1. The van der Waals surface area contributed by atoms with Gasteiger partial charge in [0.1, 0.15) is 0 Å². The number of rotatable bonds is 4. The predicted molar refractivity (Wildman–Crippen MR) is 104 cm³/mol. The van der Waals surface area contributed by atoms with Crippen LogP contribution in [0.25, 0.3) is 0 Å². The van der Waals surface area contributed by atoms with Crippen molar-refractivity contribution in [2.75, 3.05) is 12.8 Å². The van der Waals surface area contributed by atoms with Crippen LogP contribution in [-0.2, 0) is 9.84 Å². The Labute approximate surface area is 159 Å². The Balaban J connectivity index is 1.89. The zero-order valence-electron chi connectivity index (χ0n) is 15.7. The molecule has 0 bridgehead atoms. The number of hydrogen-bond acceptors (Lipinski definition) is 4. The van der Waals surface area contributed by atoms with Crippen molar-refractivity contribution in [1.29, 1.82) is 0 Å². The Morgan fingerprint density at radius 1 is 1.00 bits per heavy atom. The van der Waals surface area contributed by atoms with Gasteiger partial charge < -0.3 is 4.90 Å². The average molecular weight is 385 g/mol. The fourth-order valence-corrected chi connectivity index (χ4v) is 4.06. The fourth-order valence-electron chi connectivity index (χ4n) is 3.40. The minimum absolute atomic E-state index is 0.0665. The number of ketones is 1. The van der Waals surface area contributed by atoms with Gasteiger partial charge in [0.15, 0.2) is 15.6 Å². The summed E-state index contributed by atoms with van der Waals surface area (Å²) in [6.45, 7) is 4.44. The van der Waals surface area contributed by atoms with E-state index in [1.54, 1.807) is 23.1 Å². The van der Waals surface area contributed by atoms with Gasteiger partial charge in [-0.1, -0.05) is 18.2 Å². The van der Waals surface area contributed by atoms with E-state index in [0.29, 0.717) is 18.5 Å². The van der Waals surface area contributed by atoms with Gasteiger partial charge >= 0.3 is 0 Å². The van der Waals surface area contributed by atoms with Gasteiger partial charge in [0.25, 0.3) is 5.91 Å². The smallest absolute Gasteiger partial charge is 0.254 e. The van der Waals surface area contributed by atoms with Crippen LogP contribution < -0.4 is 0 Å². The number of hydrogen-bond donors (Lipinski definition) is 0. The van der Waals surface area contributed by atoms with Gasteiger partial charge in [-0.3, -0.25) is 9.59 Å². The minimum Gasteiger partial charge on any atom is -0.328 e. The molecule has 2 aromatic rings. The maximum Gasteiger partial charge on any atom is 0.254 e. The lowest BCUT2D eigenvalue weighted by molar-refractivity contribution is 0.0671. The Kier molecular flexibility index (Phi) is 5.20. The lowest BCUT2D eigenvalue weighted by atomic mass is 9.98. The summed E-state index contributed by atoms with van der Waals surface area (Å²) >= 11 is 0. The van der Waals surface area contributed by atoms with E-state index >= 15 is 0 Å². The van der Waals surface area contributed by atoms with Crippen LogP contribution in [0.3, 0.4) is 0 Å². The number of sulfone groups is 1. The van der Waals surface area contributed by atoms with Crippen LogP contribution in [0.5, 0.6) is 0 Å². The molecule has 3 rings (SSSR count). The molecule has 1 aliphatic heterocycles. The monoisotopic (exact) mass is 385 g/mol. The van der Waals surface area contributed by atoms with Crippen LogP contribution in [-0.4, -0.2) is 43.9 Å². The molecule has 1 heterocycles. The van der Waals surface area contributed by atoms with E-state index in [1.807, 2.05) is 26.0 Å². The molecule has 0 radical (unpaired) electrons. The molecule has 5 nitrogen and oxygen atoms in total. The van der Waals surface area contributed by atoms with Crippen molar-refractivity contribution in [3.8, 4) is 0 Å². The van der Waals surface area contributed by atoms with E-state index < -0.39 is 15.9 Å². The Bertz CT molecular complexity index is 1010. The topological polar surface area (TPSA) is 71.5 Å². The van der Waals surface area contributed by atoms with Crippen LogP contribution in [0.4, 0.5) is 0 Å². The SMILES string of the molecule is Cc1ccc(C(=O)C2CCCN2C(=O)c2cccc(S(C)(=O)=O)c2)cc1C. The molecular formula is C21H23NO4S. The van der Waals surface area contributed by atoms with Gasteiger partial charge in [-0.05, 0) is 62.1 Å². The van der Waals surface area contributed by atoms with Crippen LogP contribution in [0, 0.1) is 13.8 Å². The molecule has 0 aromatic heterocycles. The number of carbonyl (C=O) groups excluding carboxylic acids is 2. The number of amides is 1. The molecule has 27 heavy (non-hydrogen) atoms. The second-order valence-electron chi connectivity index (χ2n) is 7.12. The fraction of sp³-hybridized carbons (Fsp3) is 0.333. The Morgan fingerprint density at radius 3 is 2.41 bits per heavy atom. The summed E-state index contributed by atoms with van der Waals surface area (Å²) in [5.41, 5.74) is 3.05. The number of carbonyl (C=O) groups is 2. The van der Waals surface area contributed by atoms with E-state index in [0.717, 1.165) is 23.8 Å². The largest absolute Gasteiger partial charge is 0.328 e. The van der Waals surface area contributed by atoms with Gasteiger partial charge in [-0.2, -0.15) is 0 Å². The van der Waals surface area contributed by atoms with E-state index in [1.165, 1.54) is 12.1 Å². The van der Waals surface area contributed by atoms with Crippen molar-refractivity contribution in [1.82, 2.24) is 4.90 Å². The van der Waals surface area contributed by atoms with Crippen molar-refractivity contribution in [2.24, 2.45) is 0 Å². The molecule has 1 fully saturated rings. The molecule has 1 saturated heterocycles. The molecule has 1 amide bonds. The van der Waals surface area contributed by atoms with Gasteiger partial charge in [-0.25, -0.2) is 8.42 Å².